The Balaban J connectivity index is 1.72. The molecule has 1 aromatic carbocycles. The number of esters is 1. The van der Waals surface area contributed by atoms with E-state index in [1.54, 1.807) is 13.0 Å². The number of thiophene rings is 1. The molecule has 1 unspecified atom stereocenters. The van der Waals surface area contributed by atoms with E-state index in [-0.39, 0.29) is 11.5 Å². The number of benzene rings is 1. The fraction of sp³-hybridized carbons (Fsp3) is 0.348. The van der Waals surface area contributed by atoms with Crippen molar-refractivity contribution in [1.82, 2.24) is 4.57 Å². The van der Waals surface area contributed by atoms with Crippen molar-refractivity contribution in [2.75, 3.05) is 12.4 Å². The maximum absolute atomic E-state index is 13.2. The van der Waals surface area contributed by atoms with Gasteiger partial charge in [0.25, 0.3) is 5.56 Å². The second kappa shape index (κ2) is 8.07. The molecule has 0 spiro atoms. The molecule has 0 radical (unpaired) electrons. The molecule has 1 aliphatic rings. The van der Waals surface area contributed by atoms with Gasteiger partial charge in [0, 0.05) is 16.3 Å². The Hall–Kier alpha value is -2.93. The zero-order valence-electron chi connectivity index (χ0n) is 17.3. The van der Waals surface area contributed by atoms with Gasteiger partial charge >= 0.3 is 5.97 Å². The first-order chi connectivity index (χ1) is 14.4. The molecule has 1 N–H and O–H groups in total. The van der Waals surface area contributed by atoms with Crippen LogP contribution in [0.15, 0.2) is 35.1 Å². The Labute approximate surface area is 178 Å². The van der Waals surface area contributed by atoms with Crippen molar-refractivity contribution in [1.29, 1.82) is 0 Å². The van der Waals surface area contributed by atoms with Crippen LogP contribution in [0.3, 0.4) is 0 Å². The lowest BCUT2D eigenvalue weighted by Crippen LogP contribution is -2.32. The van der Waals surface area contributed by atoms with Crippen molar-refractivity contribution in [2.45, 2.75) is 45.6 Å². The van der Waals surface area contributed by atoms with Crippen LogP contribution >= 0.6 is 11.3 Å². The van der Waals surface area contributed by atoms with Crippen molar-refractivity contribution >= 4 is 39.1 Å². The second-order valence-corrected chi connectivity index (χ2v) is 8.73. The molecule has 2 aromatic heterocycles. The number of nitrogens with zero attached hydrogens (tertiary/aromatic N) is 1. The summed E-state index contributed by atoms with van der Waals surface area (Å²) in [7, 11) is 1.35. The fourth-order valence-electron chi connectivity index (χ4n) is 4.17. The maximum Gasteiger partial charge on any atom is 0.341 e. The van der Waals surface area contributed by atoms with Crippen LogP contribution in [0.25, 0.3) is 10.9 Å². The summed E-state index contributed by atoms with van der Waals surface area (Å²) in [6.07, 6.45) is 3.80. The molecule has 30 heavy (non-hydrogen) atoms. The standard InChI is InChI=1S/C23H24N2O4S/c1-13-12-19(26)25(17-10-6-4-8-15(13)17)14(2)21(27)24-22-20(23(28)29-3)16-9-5-7-11-18(16)30-22/h4,6,8,10,12,14H,5,7,9,11H2,1-3H3,(H,24,27). The van der Waals surface area contributed by atoms with Gasteiger partial charge in [-0.15, -0.1) is 11.3 Å². The Kier molecular flexibility index (Phi) is 5.47. The highest BCUT2D eigenvalue weighted by atomic mass is 32.1. The second-order valence-electron chi connectivity index (χ2n) is 7.62. The molecule has 7 heteroatoms. The molecule has 6 nitrogen and oxygen atoms in total. The third kappa shape index (κ3) is 3.43. The van der Waals surface area contributed by atoms with Gasteiger partial charge in [-0.05, 0) is 56.7 Å². The first-order valence-electron chi connectivity index (χ1n) is 10.1. The number of carbonyl (C=O) groups is 2. The molecule has 1 atom stereocenters. The Morgan fingerprint density at radius 1 is 1.20 bits per heavy atom. The Bertz CT molecular complexity index is 1210. The number of anilines is 1. The summed E-state index contributed by atoms with van der Waals surface area (Å²) in [5.74, 6) is -0.773. The number of aryl methyl sites for hydroxylation is 2. The maximum atomic E-state index is 13.2. The lowest BCUT2D eigenvalue weighted by atomic mass is 9.95. The molecule has 3 aromatic rings. The highest BCUT2D eigenvalue weighted by Crippen LogP contribution is 2.39. The van der Waals surface area contributed by atoms with E-state index >= 15 is 0 Å². The molecular formula is C23H24N2O4S. The molecular weight excluding hydrogens is 400 g/mol. The number of hydrogen-bond acceptors (Lipinski definition) is 5. The van der Waals surface area contributed by atoms with Crippen LogP contribution in [-0.4, -0.2) is 23.6 Å². The number of nitrogens with one attached hydrogen (secondary N) is 1. The van der Waals surface area contributed by atoms with Gasteiger partial charge in [0.2, 0.25) is 5.91 Å². The summed E-state index contributed by atoms with van der Waals surface area (Å²) >= 11 is 1.44. The van der Waals surface area contributed by atoms with Gasteiger partial charge in [0.15, 0.2) is 0 Å². The first-order valence-corrected chi connectivity index (χ1v) is 10.9. The molecule has 1 aliphatic carbocycles. The minimum Gasteiger partial charge on any atom is -0.465 e. The topological polar surface area (TPSA) is 77.4 Å². The van der Waals surface area contributed by atoms with E-state index in [0.29, 0.717) is 16.1 Å². The van der Waals surface area contributed by atoms with E-state index in [9.17, 15) is 14.4 Å². The number of para-hydroxylation sites is 1. The average Bonchev–Trinajstić information content (AvgIpc) is 3.10. The Morgan fingerprint density at radius 2 is 1.93 bits per heavy atom. The van der Waals surface area contributed by atoms with Gasteiger partial charge in [-0.25, -0.2) is 4.79 Å². The zero-order valence-corrected chi connectivity index (χ0v) is 18.1. The molecule has 0 aliphatic heterocycles. The van der Waals surface area contributed by atoms with Gasteiger partial charge in [0.1, 0.15) is 11.0 Å². The summed E-state index contributed by atoms with van der Waals surface area (Å²) < 4.78 is 6.48. The van der Waals surface area contributed by atoms with E-state index in [4.69, 9.17) is 4.74 Å². The van der Waals surface area contributed by atoms with Crippen LogP contribution in [0, 0.1) is 6.92 Å². The number of pyridine rings is 1. The third-order valence-electron chi connectivity index (χ3n) is 5.73. The lowest BCUT2D eigenvalue weighted by Gasteiger charge is -2.18. The first kappa shape index (κ1) is 20.3. The predicted octanol–water partition coefficient (Wildman–Crippen LogP) is 4.24. The monoisotopic (exact) mass is 424 g/mol. The van der Waals surface area contributed by atoms with Crippen LogP contribution in [0.4, 0.5) is 5.00 Å². The number of ether oxygens (including phenoxy) is 1. The van der Waals surface area contributed by atoms with Crippen molar-refractivity contribution < 1.29 is 14.3 Å². The van der Waals surface area contributed by atoms with Gasteiger partial charge in [-0.3, -0.25) is 14.2 Å². The van der Waals surface area contributed by atoms with E-state index in [2.05, 4.69) is 5.32 Å². The van der Waals surface area contributed by atoms with Crippen molar-refractivity contribution in [2.24, 2.45) is 0 Å². The highest BCUT2D eigenvalue weighted by Gasteiger charge is 2.28. The van der Waals surface area contributed by atoms with Gasteiger partial charge < -0.3 is 10.1 Å². The smallest absolute Gasteiger partial charge is 0.341 e. The Morgan fingerprint density at radius 3 is 2.70 bits per heavy atom. The summed E-state index contributed by atoms with van der Waals surface area (Å²) in [5, 5.41) is 4.35. The predicted molar refractivity (Wildman–Crippen MR) is 119 cm³/mol. The zero-order chi connectivity index (χ0) is 21.4. The average molecular weight is 425 g/mol. The number of rotatable bonds is 4. The van der Waals surface area contributed by atoms with E-state index in [0.717, 1.165) is 47.1 Å². The van der Waals surface area contributed by atoms with Crippen molar-refractivity contribution in [3.05, 3.63) is 62.3 Å². The van der Waals surface area contributed by atoms with Crippen LogP contribution in [0.2, 0.25) is 0 Å². The molecule has 0 saturated heterocycles. The van der Waals surface area contributed by atoms with Crippen molar-refractivity contribution in [3.8, 4) is 0 Å². The molecule has 2 heterocycles. The van der Waals surface area contributed by atoms with Crippen LogP contribution in [0.1, 0.15) is 52.2 Å². The number of hydrogen-bond donors (Lipinski definition) is 1. The minimum absolute atomic E-state index is 0.229. The number of aromatic nitrogens is 1. The molecule has 156 valence electrons. The highest BCUT2D eigenvalue weighted by molar-refractivity contribution is 7.17. The molecule has 0 saturated carbocycles. The number of amides is 1. The number of carbonyl (C=O) groups excluding carboxylic acids is 2. The molecule has 0 fully saturated rings. The van der Waals surface area contributed by atoms with E-state index < -0.39 is 12.0 Å². The number of methoxy groups -OCH3 is 1. The van der Waals surface area contributed by atoms with E-state index in [1.807, 2.05) is 31.2 Å². The summed E-state index contributed by atoms with van der Waals surface area (Å²) in [5.41, 5.74) is 2.80. The van der Waals surface area contributed by atoms with Gasteiger partial charge in [-0.1, -0.05) is 18.2 Å². The van der Waals surface area contributed by atoms with Crippen LogP contribution in [0.5, 0.6) is 0 Å². The molecule has 4 rings (SSSR count). The lowest BCUT2D eigenvalue weighted by molar-refractivity contribution is -0.118. The quantitative estimate of drug-likeness (QED) is 0.636. The van der Waals surface area contributed by atoms with E-state index in [1.165, 1.54) is 23.0 Å². The number of fused-ring (bicyclic) bond motifs is 2. The summed E-state index contributed by atoms with van der Waals surface area (Å²) in [6, 6.07) is 8.35. The van der Waals surface area contributed by atoms with Gasteiger partial charge in [0.05, 0.1) is 18.2 Å². The summed E-state index contributed by atoms with van der Waals surface area (Å²) in [4.78, 5) is 39.5. The van der Waals surface area contributed by atoms with Crippen molar-refractivity contribution in [3.63, 3.8) is 0 Å². The third-order valence-corrected chi connectivity index (χ3v) is 6.94. The van der Waals surface area contributed by atoms with Crippen LogP contribution < -0.4 is 10.9 Å². The largest absolute Gasteiger partial charge is 0.465 e. The summed E-state index contributed by atoms with van der Waals surface area (Å²) in [6.45, 7) is 3.58. The molecule has 1 amide bonds. The fourth-order valence-corrected chi connectivity index (χ4v) is 5.45. The van der Waals surface area contributed by atoms with Crippen LogP contribution in [-0.2, 0) is 22.4 Å². The SMILES string of the molecule is COC(=O)c1c(NC(=O)C(C)n2c(=O)cc(C)c3ccccc32)sc2c1CCCC2. The van der Waals surface area contributed by atoms with Gasteiger partial charge in [-0.2, -0.15) is 0 Å². The minimum atomic E-state index is -0.743. The normalized spacial score (nSPS) is 14.2. The molecule has 0 bridgehead atoms.